The van der Waals surface area contributed by atoms with E-state index in [0.29, 0.717) is 11.8 Å². The summed E-state index contributed by atoms with van der Waals surface area (Å²) in [7, 11) is 0. The monoisotopic (exact) mass is 254 g/mol. The first-order valence-corrected chi connectivity index (χ1v) is 7.41. The maximum absolute atomic E-state index is 12.0. The molecule has 104 valence electrons. The molecule has 1 aliphatic heterocycles. The fraction of sp³-hybridized carbons (Fsp3) is 0.929. The van der Waals surface area contributed by atoms with Crippen LogP contribution in [0.5, 0.6) is 0 Å². The first-order valence-electron chi connectivity index (χ1n) is 7.41. The van der Waals surface area contributed by atoms with Gasteiger partial charge in [0.05, 0.1) is 12.1 Å². The van der Waals surface area contributed by atoms with Gasteiger partial charge in [-0.15, -0.1) is 0 Å². The lowest BCUT2D eigenvalue weighted by atomic mass is 9.72. The van der Waals surface area contributed by atoms with Gasteiger partial charge < -0.3 is 15.7 Å². The zero-order valence-electron chi connectivity index (χ0n) is 11.3. The van der Waals surface area contributed by atoms with Gasteiger partial charge in [-0.05, 0) is 31.6 Å². The van der Waals surface area contributed by atoms with Crippen LogP contribution >= 0.6 is 0 Å². The Hall–Kier alpha value is -0.610. The molecule has 1 aliphatic carbocycles. The normalized spacial score (nSPS) is 35.9. The number of amides is 1. The molecule has 0 aromatic rings. The minimum atomic E-state index is -0.166. The summed E-state index contributed by atoms with van der Waals surface area (Å²) in [5, 5.41) is 16.3. The highest BCUT2D eigenvalue weighted by molar-refractivity contribution is 5.81. The zero-order valence-corrected chi connectivity index (χ0v) is 11.3. The third-order valence-electron chi connectivity index (χ3n) is 4.46. The van der Waals surface area contributed by atoms with Crippen LogP contribution in [0.2, 0.25) is 0 Å². The summed E-state index contributed by atoms with van der Waals surface area (Å²) >= 11 is 0. The van der Waals surface area contributed by atoms with E-state index in [9.17, 15) is 9.90 Å². The van der Waals surface area contributed by atoms with E-state index in [2.05, 4.69) is 17.6 Å². The smallest absolute Gasteiger partial charge is 0.237 e. The molecule has 1 amide bonds. The van der Waals surface area contributed by atoms with Gasteiger partial charge in [0.1, 0.15) is 0 Å². The van der Waals surface area contributed by atoms with E-state index in [1.165, 1.54) is 6.42 Å². The van der Waals surface area contributed by atoms with Crippen molar-refractivity contribution in [1.82, 2.24) is 10.6 Å². The molecule has 0 aromatic heterocycles. The number of carbonyl (C=O) groups is 1. The van der Waals surface area contributed by atoms with Gasteiger partial charge in [0, 0.05) is 19.0 Å². The van der Waals surface area contributed by atoms with E-state index in [0.717, 1.165) is 45.2 Å². The number of aliphatic hydroxyl groups is 1. The number of rotatable bonds is 4. The van der Waals surface area contributed by atoms with Gasteiger partial charge in [0.2, 0.25) is 5.91 Å². The van der Waals surface area contributed by atoms with Gasteiger partial charge in [-0.25, -0.2) is 0 Å². The van der Waals surface area contributed by atoms with E-state index in [1.54, 1.807) is 0 Å². The fourth-order valence-electron chi connectivity index (χ4n) is 3.30. The average molecular weight is 254 g/mol. The SMILES string of the molecule is CCCCNC(=O)[C@@H]1C[C@@H]2CCCC(O)[C@@H]2CN1. The number of piperidine rings is 1. The summed E-state index contributed by atoms with van der Waals surface area (Å²) in [6.45, 7) is 3.70. The average Bonchev–Trinajstić information content (AvgIpc) is 2.39. The van der Waals surface area contributed by atoms with Crippen molar-refractivity contribution in [1.29, 1.82) is 0 Å². The van der Waals surface area contributed by atoms with Crippen molar-refractivity contribution in [2.45, 2.75) is 57.6 Å². The van der Waals surface area contributed by atoms with Crippen LogP contribution in [0.25, 0.3) is 0 Å². The van der Waals surface area contributed by atoms with Gasteiger partial charge in [0.25, 0.3) is 0 Å². The highest BCUT2D eigenvalue weighted by atomic mass is 16.3. The summed E-state index contributed by atoms with van der Waals surface area (Å²) in [5.74, 6) is 1.03. The van der Waals surface area contributed by atoms with Crippen LogP contribution < -0.4 is 10.6 Å². The molecule has 4 atom stereocenters. The van der Waals surface area contributed by atoms with Crippen LogP contribution in [0, 0.1) is 11.8 Å². The Morgan fingerprint density at radius 2 is 2.28 bits per heavy atom. The third-order valence-corrected chi connectivity index (χ3v) is 4.46. The number of unbranched alkanes of at least 4 members (excludes halogenated alkanes) is 1. The Morgan fingerprint density at radius 3 is 3.06 bits per heavy atom. The van der Waals surface area contributed by atoms with Crippen LogP contribution in [0.3, 0.4) is 0 Å². The Kier molecular flexibility index (Phi) is 5.01. The Bertz CT molecular complexity index is 283. The molecular weight excluding hydrogens is 228 g/mol. The van der Waals surface area contributed by atoms with Crippen LogP contribution in [0.4, 0.5) is 0 Å². The van der Waals surface area contributed by atoms with E-state index >= 15 is 0 Å². The van der Waals surface area contributed by atoms with Crippen LogP contribution in [0.1, 0.15) is 45.4 Å². The molecule has 1 unspecified atom stereocenters. The lowest BCUT2D eigenvalue weighted by Gasteiger charge is -2.42. The zero-order chi connectivity index (χ0) is 13.0. The molecule has 0 radical (unpaired) electrons. The minimum Gasteiger partial charge on any atom is -0.393 e. The summed E-state index contributed by atoms with van der Waals surface area (Å²) in [6.07, 6.45) is 6.07. The molecule has 0 spiro atoms. The van der Waals surface area contributed by atoms with Gasteiger partial charge in [-0.2, -0.15) is 0 Å². The largest absolute Gasteiger partial charge is 0.393 e. The molecule has 2 aliphatic rings. The summed E-state index contributed by atoms with van der Waals surface area (Å²) in [6, 6.07) is -0.0478. The maximum atomic E-state index is 12.0. The van der Waals surface area contributed by atoms with Crippen molar-refractivity contribution in [3.8, 4) is 0 Å². The van der Waals surface area contributed by atoms with E-state index < -0.39 is 0 Å². The van der Waals surface area contributed by atoms with Crippen molar-refractivity contribution < 1.29 is 9.90 Å². The highest BCUT2D eigenvalue weighted by Gasteiger charge is 2.38. The highest BCUT2D eigenvalue weighted by Crippen LogP contribution is 2.35. The Labute approximate surface area is 110 Å². The van der Waals surface area contributed by atoms with Crippen LogP contribution in [-0.4, -0.2) is 36.2 Å². The first kappa shape index (κ1) is 13.8. The molecule has 18 heavy (non-hydrogen) atoms. The first-order chi connectivity index (χ1) is 8.72. The number of carbonyl (C=O) groups excluding carboxylic acids is 1. The van der Waals surface area contributed by atoms with Gasteiger partial charge >= 0.3 is 0 Å². The number of fused-ring (bicyclic) bond motifs is 1. The lowest BCUT2D eigenvalue weighted by molar-refractivity contribution is -0.125. The summed E-state index contributed by atoms with van der Waals surface area (Å²) in [4.78, 5) is 12.0. The van der Waals surface area contributed by atoms with Gasteiger partial charge in [-0.3, -0.25) is 4.79 Å². The van der Waals surface area contributed by atoms with Crippen molar-refractivity contribution >= 4 is 5.91 Å². The summed E-state index contributed by atoms with van der Waals surface area (Å²) in [5.41, 5.74) is 0. The lowest BCUT2D eigenvalue weighted by Crippen LogP contribution is -2.55. The molecule has 0 bridgehead atoms. The predicted molar refractivity (Wildman–Crippen MR) is 71.2 cm³/mol. The van der Waals surface area contributed by atoms with Gasteiger partial charge in [0.15, 0.2) is 0 Å². The Morgan fingerprint density at radius 1 is 1.44 bits per heavy atom. The molecule has 2 fully saturated rings. The van der Waals surface area contributed by atoms with Crippen LogP contribution in [-0.2, 0) is 4.79 Å². The van der Waals surface area contributed by atoms with Crippen LogP contribution in [0.15, 0.2) is 0 Å². The van der Waals surface area contributed by atoms with Crippen molar-refractivity contribution in [2.75, 3.05) is 13.1 Å². The van der Waals surface area contributed by atoms with Crippen molar-refractivity contribution in [2.24, 2.45) is 11.8 Å². The van der Waals surface area contributed by atoms with Crippen molar-refractivity contribution in [3.63, 3.8) is 0 Å². The standard InChI is InChI=1S/C14H26N2O2/c1-2-3-7-15-14(18)12-8-10-5-4-6-13(17)11(10)9-16-12/h10-13,16-17H,2-9H2,1H3,(H,15,18)/t10-,11+,12-,13?/m0/s1. The molecule has 2 rings (SSSR count). The second kappa shape index (κ2) is 6.53. The number of hydrogen-bond acceptors (Lipinski definition) is 3. The second-order valence-electron chi connectivity index (χ2n) is 5.76. The molecule has 3 N–H and O–H groups in total. The van der Waals surface area contributed by atoms with Gasteiger partial charge in [-0.1, -0.05) is 19.8 Å². The van der Waals surface area contributed by atoms with Crippen molar-refractivity contribution in [3.05, 3.63) is 0 Å². The number of nitrogens with one attached hydrogen (secondary N) is 2. The Balaban J connectivity index is 1.81. The quantitative estimate of drug-likeness (QED) is 0.657. The molecule has 4 heteroatoms. The van der Waals surface area contributed by atoms with E-state index in [-0.39, 0.29) is 18.1 Å². The predicted octanol–water partition coefficient (Wildman–Crippen LogP) is 1.04. The molecule has 1 saturated carbocycles. The third kappa shape index (κ3) is 3.23. The topological polar surface area (TPSA) is 61.4 Å². The fourth-order valence-corrected chi connectivity index (χ4v) is 3.30. The minimum absolute atomic E-state index is 0.0478. The number of aliphatic hydroxyl groups excluding tert-OH is 1. The van der Waals surface area contributed by atoms with E-state index in [1.807, 2.05) is 0 Å². The molecule has 0 aromatic carbocycles. The van der Waals surface area contributed by atoms with E-state index in [4.69, 9.17) is 0 Å². The number of hydrogen-bond donors (Lipinski definition) is 3. The molecular formula is C14H26N2O2. The second-order valence-corrected chi connectivity index (χ2v) is 5.76. The molecule has 1 saturated heterocycles. The molecule has 4 nitrogen and oxygen atoms in total. The molecule has 1 heterocycles. The summed E-state index contributed by atoms with van der Waals surface area (Å²) < 4.78 is 0. The maximum Gasteiger partial charge on any atom is 0.237 e.